The predicted molar refractivity (Wildman–Crippen MR) is 59.6 cm³/mol. The zero-order valence-electron chi connectivity index (χ0n) is 9.22. The molecular formula is C12H11FN2O2. The Bertz CT molecular complexity index is 563. The van der Waals surface area contributed by atoms with Crippen LogP contribution < -0.4 is 0 Å². The summed E-state index contributed by atoms with van der Waals surface area (Å²) in [7, 11) is 0. The van der Waals surface area contributed by atoms with E-state index in [0.717, 1.165) is 0 Å². The summed E-state index contributed by atoms with van der Waals surface area (Å²) in [5.74, 6) is -1.08. The van der Waals surface area contributed by atoms with Gasteiger partial charge in [-0.3, -0.25) is 9.36 Å². The molecule has 2 rings (SSSR count). The fourth-order valence-corrected chi connectivity index (χ4v) is 1.71. The van der Waals surface area contributed by atoms with Crippen LogP contribution in [0.2, 0.25) is 0 Å². The van der Waals surface area contributed by atoms with E-state index in [1.807, 2.05) is 0 Å². The number of aryl methyl sites for hydroxylation is 1. The van der Waals surface area contributed by atoms with Crippen LogP contribution in [0.25, 0.3) is 5.69 Å². The maximum atomic E-state index is 13.7. The zero-order valence-corrected chi connectivity index (χ0v) is 9.22. The Morgan fingerprint density at radius 1 is 1.47 bits per heavy atom. The van der Waals surface area contributed by atoms with Crippen molar-refractivity contribution < 1.29 is 14.3 Å². The summed E-state index contributed by atoms with van der Waals surface area (Å²) in [4.78, 5) is 14.7. The fraction of sp³-hybridized carbons (Fsp3) is 0.167. The number of carbonyl (C=O) groups is 1. The highest BCUT2D eigenvalue weighted by Gasteiger charge is 2.14. The Morgan fingerprint density at radius 3 is 2.82 bits per heavy atom. The van der Waals surface area contributed by atoms with Gasteiger partial charge in [0.2, 0.25) is 0 Å². The van der Waals surface area contributed by atoms with E-state index in [1.54, 1.807) is 25.1 Å². The van der Waals surface area contributed by atoms with Crippen molar-refractivity contribution in [1.29, 1.82) is 0 Å². The first-order chi connectivity index (χ1) is 8.09. The van der Waals surface area contributed by atoms with Crippen molar-refractivity contribution in [3.63, 3.8) is 0 Å². The minimum atomic E-state index is -0.992. The second-order valence-electron chi connectivity index (χ2n) is 3.67. The smallest absolute Gasteiger partial charge is 0.311 e. The SMILES string of the molecule is Cc1cnc(CC(=O)O)n1-c1ccccc1F. The standard InChI is InChI=1S/C12H11FN2O2/c1-8-7-14-11(6-12(16)17)15(8)10-5-3-2-4-9(10)13/h2-5,7H,6H2,1H3,(H,16,17). The van der Waals surface area contributed by atoms with Crippen LogP contribution in [0.15, 0.2) is 30.5 Å². The molecule has 0 bridgehead atoms. The summed E-state index contributed by atoms with van der Waals surface area (Å²) >= 11 is 0. The molecule has 0 spiro atoms. The number of hydrogen-bond donors (Lipinski definition) is 1. The van der Waals surface area contributed by atoms with Crippen LogP contribution >= 0.6 is 0 Å². The number of rotatable bonds is 3. The maximum Gasteiger partial charge on any atom is 0.311 e. The zero-order chi connectivity index (χ0) is 12.4. The van der Waals surface area contributed by atoms with Crippen molar-refractivity contribution in [1.82, 2.24) is 9.55 Å². The molecule has 0 aliphatic rings. The quantitative estimate of drug-likeness (QED) is 0.883. The van der Waals surface area contributed by atoms with E-state index in [-0.39, 0.29) is 6.42 Å². The first kappa shape index (κ1) is 11.3. The number of aromatic nitrogens is 2. The van der Waals surface area contributed by atoms with Crippen molar-refractivity contribution in [3.05, 3.63) is 47.8 Å². The Balaban J connectivity index is 2.55. The van der Waals surface area contributed by atoms with Gasteiger partial charge in [-0.1, -0.05) is 12.1 Å². The summed E-state index contributed by atoms with van der Waals surface area (Å²) < 4.78 is 15.2. The van der Waals surface area contributed by atoms with Crippen molar-refractivity contribution in [2.45, 2.75) is 13.3 Å². The molecule has 1 heterocycles. The van der Waals surface area contributed by atoms with Gasteiger partial charge in [0.15, 0.2) is 0 Å². The molecule has 0 aliphatic carbocycles. The number of imidazole rings is 1. The molecule has 0 saturated carbocycles. The van der Waals surface area contributed by atoms with Crippen molar-refractivity contribution >= 4 is 5.97 Å². The Morgan fingerprint density at radius 2 is 2.18 bits per heavy atom. The molecule has 1 N–H and O–H groups in total. The molecule has 0 radical (unpaired) electrons. The van der Waals surface area contributed by atoms with Gasteiger partial charge in [0.05, 0.1) is 5.69 Å². The second-order valence-corrected chi connectivity index (χ2v) is 3.67. The monoisotopic (exact) mass is 234 g/mol. The van der Waals surface area contributed by atoms with E-state index in [2.05, 4.69) is 4.98 Å². The molecule has 1 aromatic carbocycles. The molecule has 4 nitrogen and oxygen atoms in total. The van der Waals surface area contributed by atoms with E-state index in [0.29, 0.717) is 17.2 Å². The van der Waals surface area contributed by atoms with Crippen LogP contribution in [0.5, 0.6) is 0 Å². The van der Waals surface area contributed by atoms with Crippen LogP contribution in [-0.4, -0.2) is 20.6 Å². The maximum absolute atomic E-state index is 13.7. The predicted octanol–water partition coefficient (Wildman–Crippen LogP) is 1.95. The molecule has 0 saturated heterocycles. The first-order valence-electron chi connectivity index (χ1n) is 5.09. The van der Waals surface area contributed by atoms with Gasteiger partial charge in [0.25, 0.3) is 0 Å². The van der Waals surface area contributed by atoms with Gasteiger partial charge in [0.1, 0.15) is 18.1 Å². The van der Waals surface area contributed by atoms with Gasteiger partial charge in [-0.25, -0.2) is 9.37 Å². The topological polar surface area (TPSA) is 55.1 Å². The minimum Gasteiger partial charge on any atom is -0.481 e. The summed E-state index contributed by atoms with van der Waals surface area (Å²) in [5.41, 5.74) is 1.02. The lowest BCUT2D eigenvalue weighted by atomic mass is 10.3. The van der Waals surface area contributed by atoms with E-state index in [1.165, 1.54) is 16.8 Å². The average Bonchev–Trinajstić information content (AvgIpc) is 2.60. The molecule has 0 unspecified atom stereocenters. The largest absolute Gasteiger partial charge is 0.481 e. The van der Waals surface area contributed by atoms with E-state index in [9.17, 15) is 9.18 Å². The van der Waals surface area contributed by atoms with Crippen LogP contribution in [0.3, 0.4) is 0 Å². The fourth-order valence-electron chi connectivity index (χ4n) is 1.71. The van der Waals surface area contributed by atoms with Gasteiger partial charge in [-0.05, 0) is 19.1 Å². The third-order valence-corrected chi connectivity index (χ3v) is 2.41. The second kappa shape index (κ2) is 4.37. The highest BCUT2D eigenvalue weighted by atomic mass is 19.1. The van der Waals surface area contributed by atoms with Gasteiger partial charge in [0, 0.05) is 11.9 Å². The summed E-state index contributed by atoms with van der Waals surface area (Å²) in [6, 6.07) is 6.21. The number of aliphatic carboxylic acids is 1. The van der Waals surface area contributed by atoms with Crippen molar-refractivity contribution in [3.8, 4) is 5.69 Å². The lowest BCUT2D eigenvalue weighted by Crippen LogP contribution is -2.10. The summed E-state index contributed by atoms with van der Waals surface area (Å²) in [6.45, 7) is 1.75. The molecule has 2 aromatic rings. The highest BCUT2D eigenvalue weighted by Crippen LogP contribution is 2.18. The Labute approximate surface area is 97.3 Å². The summed E-state index contributed by atoms with van der Waals surface area (Å²) in [6.07, 6.45) is 1.30. The van der Waals surface area contributed by atoms with Crippen LogP contribution in [-0.2, 0) is 11.2 Å². The van der Waals surface area contributed by atoms with E-state index < -0.39 is 11.8 Å². The number of para-hydroxylation sites is 1. The number of carboxylic acid groups (broad SMARTS) is 1. The number of carboxylic acids is 1. The van der Waals surface area contributed by atoms with Crippen molar-refractivity contribution in [2.75, 3.05) is 0 Å². The molecule has 0 atom stereocenters. The number of hydrogen-bond acceptors (Lipinski definition) is 2. The van der Waals surface area contributed by atoms with E-state index >= 15 is 0 Å². The molecule has 88 valence electrons. The van der Waals surface area contributed by atoms with Gasteiger partial charge >= 0.3 is 5.97 Å². The number of nitrogens with zero attached hydrogens (tertiary/aromatic N) is 2. The van der Waals surface area contributed by atoms with Crippen LogP contribution in [0, 0.1) is 12.7 Å². The number of halogens is 1. The third kappa shape index (κ3) is 2.18. The Hall–Kier alpha value is -2.17. The molecule has 0 amide bonds. The molecule has 1 aromatic heterocycles. The van der Waals surface area contributed by atoms with Crippen molar-refractivity contribution in [2.24, 2.45) is 0 Å². The lowest BCUT2D eigenvalue weighted by molar-refractivity contribution is -0.136. The molecule has 5 heteroatoms. The van der Waals surface area contributed by atoms with Gasteiger partial charge in [-0.2, -0.15) is 0 Å². The minimum absolute atomic E-state index is 0.234. The van der Waals surface area contributed by atoms with Gasteiger partial charge < -0.3 is 5.11 Å². The van der Waals surface area contributed by atoms with Gasteiger partial charge in [-0.15, -0.1) is 0 Å². The summed E-state index contributed by atoms with van der Waals surface area (Å²) in [5, 5.41) is 8.77. The average molecular weight is 234 g/mol. The van der Waals surface area contributed by atoms with Crippen LogP contribution in [0.4, 0.5) is 4.39 Å². The molecule has 0 fully saturated rings. The molecule has 17 heavy (non-hydrogen) atoms. The number of benzene rings is 1. The Kier molecular flexibility index (Phi) is 2.91. The normalized spacial score (nSPS) is 10.5. The third-order valence-electron chi connectivity index (χ3n) is 2.41. The first-order valence-corrected chi connectivity index (χ1v) is 5.09. The van der Waals surface area contributed by atoms with Crippen LogP contribution in [0.1, 0.15) is 11.5 Å². The van der Waals surface area contributed by atoms with E-state index in [4.69, 9.17) is 5.11 Å². The highest BCUT2D eigenvalue weighted by molar-refractivity contribution is 5.69. The molecular weight excluding hydrogens is 223 g/mol. The molecule has 0 aliphatic heterocycles. The lowest BCUT2D eigenvalue weighted by Gasteiger charge is -2.09.